The molecule has 0 bridgehead atoms. The summed E-state index contributed by atoms with van der Waals surface area (Å²) in [5.41, 5.74) is 1.10. The quantitative estimate of drug-likeness (QED) is 0.530. The van der Waals surface area contributed by atoms with Gasteiger partial charge in [-0.3, -0.25) is 9.59 Å². The number of carbonyl (C=O) groups excluding carboxylic acids is 2. The molecule has 1 fully saturated rings. The van der Waals surface area contributed by atoms with E-state index >= 15 is 0 Å². The van der Waals surface area contributed by atoms with Gasteiger partial charge in [-0.25, -0.2) is 0 Å². The Balaban J connectivity index is 1.61. The highest BCUT2D eigenvalue weighted by atomic mass is 32.2. The molecule has 6 nitrogen and oxygen atoms in total. The van der Waals surface area contributed by atoms with Crippen molar-refractivity contribution in [1.82, 2.24) is 14.4 Å². The molecule has 1 saturated carbocycles. The van der Waals surface area contributed by atoms with E-state index in [2.05, 4.69) is 0 Å². The van der Waals surface area contributed by atoms with Crippen LogP contribution in [0, 0.1) is 0 Å². The SMILES string of the molecule is COCCN(CC(=O)N(Cc1cccn1C)C1CC1)C(=O)CSc1ccccc1. The van der Waals surface area contributed by atoms with Gasteiger partial charge in [-0.2, -0.15) is 0 Å². The predicted molar refractivity (Wildman–Crippen MR) is 115 cm³/mol. The molecule has 1 aromatic heterocycles. The lowest BCUT2D eigenvalue weighted by molar-refractivity contribution is -0.140. The first-order valence-corrected chi connectivity index (χ1v) is 10.9. The van der Waals surface area contributed by atoms with Crippen molar-refractivity contribution in [2.45, 2.75) is 30.3 Å². The molecular weight excluding hydrogens is 386 g/mol. The fourth-order valence-corrected chi connectivity index (χ4v) is 3.97. The van der Waals surface area contributed by atoms with Crippen LogP contribution in [0.3, 0.4) is 0 Å². The summed E-state index contributed by atoms with van der Waals surface area (Å²) in [6.45, 7) is 1.51. The fraction of sp³-hybridized carbons (Fsp3) is 0.455. The molecule has 0 spiro atoms. The van der Waals surface area contributed by atoms with Crippen LogP contribution in [-0.4, -0.2) is 64.8 Å². The molecule has 0 atom stereocenters. The highest BCUT2D eigenvalue weighted by Gasteiger charge is 2.34. The Morgan fingerprint density at radius 3 is 2.52 bits per heavy atom. The van der Waals surface area contributed by atoms with Crippen LogP contribution in [-0.2, 0) is 27.9 Å². The van der Waals surface area contributed by atoms with E-state index in [1.54, 1.807) is 12.0 Å². The highest BCUT2D eigenvalue weighted by molar-refractivity contribution is 8.00. The number of hydrogen-bond acceptors (Lipinski definition) is 4. The van der Waals surface area contributed by atoms with Gasteiger partial charge in [0, 0.05) is 43.5 Å². The van der Waals surface area contributed by atoms with Crippen LogP contribution in [0.25, 0.3) is 0 Å². The molecule has 0 N–H and O–H groups in total. The molecule has 29 heavy (non-hydrogen) atoms. The van der Waals surface area contributed by atoms with Gasteiger partial charge in [-0.15, -0.1) is 11.8 Å². The number of amides is 2. The number of benzene rings is 1. The Morgan fingerprint density at radius 2 is 1.90 bits per heavy atom. The molecular formula is C22H29N3O3S. The minimum Gasteiger partial charge on any atom is -0.383 e. The molecule has 1 aliphatic carbocycles. The van der Waals surface area contributed by atoms with Crippen molar-refractivity contribution in [2.24, 2.45) is 7.05 Å². The van der Waals surface area contributed by atoms with Crippen LogP contribution in [0.15, 0.2) is 53.6 Å². The Kier molecular flexibility index (Phi) is 7.77. The Morgan fingerprint density at radius 1 is 1.14 bits per heavy atom. The summed E-state index contributed by atoms with van der Waals surface area (Å²) in [7, 11) is 3.59. The third kappa shape index (κ3) is 6.37. The molecule has 2 aromatic rings. The van der Waals surface area contributed by atoms with Gasteiger partial charge in [-0.1, -0.05) is 18.2 Å². The van der Waals surface area contributed by atoms with Crippen molar-refractivity contribution in [1.29, 1.82) is 0 Å². The average Bonchev–Trinajstić information content (AvgIpc) is 3.49. The maximum Gasteiger partial charge on any atom is 0.242 e. The molecule has 3 rings (SSSR count). The van der Waals surface area contributed by atoms with E-state index in [1.165, 1.54) is 11.8 Å². The number of aromatic nitrogens is 1. The molecule has 7 heteroatoms. The second-order valence-electron chi connectivity index (χ2n) is 7.27. The number of nitrogens with zero attached hydrogens (tertiary/aromatic N) is 3. The second kappa shape index (κ2) is 10.5. The fourth-order valence-electron chi connectivity index (χ4n) is 3.14. The van der Waals surface area contributed by atoms with Gasteiger partial charge >= 0.3 is 0 Å². The Hall–Kier alpha value is -2.25. The zero-order chi connectivity index (χ0) is 20.6. The van der Waals surface area contributed by atoms with Gasteiger partial charge in [0.2, 0.25) is 11.8 Å². The number of carbonyl (C=O) groups is 2. The smallest absolute Gasteiger partial charge is 0.242 e. The normalized spacial score (nSPS) is 13.3. The van der Waals surface area contributed by atoms with E-state index in [9.17, 15) is 9.59 Å². The number of aryl methyl sites for hydroxylation is 1. The van der Waals surface area contributed by atoms with E-state index in [0.29, 0.717) is 25.4 Å². The molecule has 2 amide bonds. The van der Waals surface area contributed by atoms with Gasteiger partial charge in [0.1, 0.15) is 0 Å². The maximum absolute atomic E-state index is 13.1. The van der Waals surface area contributed by atoms with E-state index < -0.39 is 0 Å². The van der Waals surface area contributed by atoms with Crippen LogP contribution in [0.4, 0.5) is 0 Å². The molecule has 0 radical (unpaired) electrons. The van der Waals surface area contributed by atoms with E-state index in [0.717, 1.165) is 23.4 Å². The first-order chi connectivity index (χ1) is 14.1. The van der Waals surface area contributed by atoms with Crippen molar-refractivity contribution >= 4 is 23.6 Å². The van der Waals surface area contributed by atoms with E-state index in [4.69, 9.17) is 4.74 Å². The van der Waals surface area contributed by atoms with Crippen LogP contribution in [0.1, 0.15) is 18.5 Å². The number of ether oxygens (including phenoxy) is 1. The summed E-state index contributed by atoms with van der Waals surface area (Å²) in [6.07, 6.45) is 4.05. The number of rotatable bonds is 11. The predicted octanol–water partition coefficient (Wildman–Crippen LogP) is 2.78. The third-order valence-electron chi connectivity index (χ3n) is 5.04. The van der Waals surface area contributed by atoms with Crippen LogP contribution in [0.2, 0.25) is 0 Å². The monoisotopic (exact) mass is 415 g/mol. The Labute approximate surface area is 176 Å². The minimum atomic E-state index is -0.0427. The number of hydrogen-bond donors (Lipinski definition) is 0. The molecule has 1 heterocycles. The maximum atomic E-state index is 13.1. The summed E-state index contributed by atoms with van der Waals surface area (Å²) in [6, 6.07) is 14.1. The van der Waals surface area contributed by atoms with Gasteiger partial charge in [-0.05, 0) is 37.1 Å². The Bertz CT molecular complexity index is 805. The molecule has 1 aliphatic rings. The zero-order valence-electron chi connectivity index (χ0n) is 17.1. The molecule has 0 unspecified atom stereocenters. The summed E-state index contributed by atoms with van der Waals surface area (Å²) in [5, 5.41) is 0. The van der Waals surface area contributed by atoms with Gasteiger partial charge < -0.3 is 19.1 Å². The van der Waals surface area contributed by atoms with Crippen LogP contribution < -0.4 is 0 Å². The molecule has 0 saturated heterocycles. The lowest BCUT2D eigenvalue weighted by Crippen LogP contribution is -2.45. The third-order valence-corrected chi connectivity index (χ3v) is 6.04. The summed E-state index contributed by atoms with van der Waals surface area (Å²) >= 11 is 1.49. The summed E-state index contributed by atoms with van der Waals surface area (Å²) in [4.78, 5) is 30.5. The standard InChI is InChI=1S/C22H29N3O3S/c1-23-12-6-7-19(23)15-25(18-10-11-18)21(26)16-24(13-14-28-2)22(27)17-29-20-8-4-3-5-9-20/h3-9,12,18H,10-11,13-17H2,1-2H3. The lowest BCUT2D eigenvalue weighted by Gasteiger charge is -2.28. The average molecular weight is 416 g/mol. The van der Waals surface area contributed by atoms with E-state index in [-0.39, 0.29) is 24.4 Å². The summed E-state index contributed by atoms with van der Waals surface area (Å²) in [5.74, 6) is 0.268. The van der Waals surface area contributed by atoms with Crippen molar-refractivity contribution in [3.8, 4) is 0 Å². The van der Waals surface area contributed by atoms with Crippen molar-refractivity contribution in [3.05, 3.63) is 54.4 Å². The molecule has 156 valence electrons. The van der Waals surface area contributed by atoms with Gasteiger partial charge in [0.15, 0.2) is 0 Å². The van der Waals surface area contributed by atoms with Gasteiger partial charge in [0.05, 0.1) is 25.4 Å². The van der Waals surface area contributed by atoms with Crippen molar-refractivity contribution < 1.29 is 14.3 Å². The summed E-state index contributed by atoms with van der Waals surface area (Å²) < 4.78 is 7.19. The largest absolute Gasteiger partial charge is 0.383 e. The lowest BCUT2D eigenvalue weighted by atomic mass is 10.3. The zero-order valence-corrected chi connectivity index (χ0v) is 17.9. The van der Waals surface area contributed by atoms with E-state index in [1.807, 2.05) is 65.2 Å². The van der Waals surface area contributed by atoms with Crippen LogP contribution in [0.5, 0.6) is 0 Å². The molecule has 1 aromatic carbocycles. The molecule has 0 aliphatic heterocycles. The van der Waals surface area contributed by atoms with Crippen LogP contribution >= 0.6 is 11.8 Å². The second-order valence-corrected chi connectivity index (χ2v) is 8.32. The van der Waals surface area contributed by atoms with Gasteiger partial charge in [0.25, 0.3) is 0 Å². The first-order valence-electron chi connectivity index (χ1n) is 9.92. The van der Waals surface area contributed by atoms with Crippen molar-refractivity contribution in [2.75, 3.05) is 32.6 Å². The number of thioether (sulfide) groups is 1. The highest BCUT2D eigenvalue weighted by Crippen LogP contribution is 2.28. The van der Waals surface area contributed by atoms with Crippen molar-refractivity contribution in [3.63, 3.8) is 0 Å². The number of methoxy groups -OCH3 is 1. The minimum absolute atomic E-state index is 0.00265. The first kappa shape index (κ1) is 21.5. The topological polar surface area (TPSA) is 54.8 Å².